The maximum atomic E-state index is 13.1. The summed E-state index contributed by atoms with van der Waals surface area (Å²) in [4.78, 5) is 3.48. The Balaban J connectivity index is 2.29. The third-order valence-corrected chi connectivity index (χ3v) is 2.80. The second-order valence-electron chi connectivity index (χ2n) is 3.97. The molecule has 0 aliphatic carbocycles. The van der Waals surface area contributed by atoms with Gasteiger partial charge in [0.25, 0.3) is 0 Å². The van der Waals surface area contributed by atoms with Gasteiger partial charge in [0.2, 0.25) is 0 Å². The molecule has 2 rings (SSSR count). The molecule has 6 heteroatoms. The molecule has 0 saturated heterocycles. The molecule has 0 aromatic carbocycles. The van der Waals surface area contributed by atoms with Gasteiger partial charge in [-0.15, -0.1) is 5.10 Å². The summed E-state index contributed by atoms with van der Waals surface area (Å²) in [6.07, 6.45) is 0.935. The molecule has 1 atom stereocenters. The number of hydrogen-bond donors (Lipinski definition) is 1. The Morgan fingerprint density at radius 2 is 2.29 bits per heavy atom. The maximum Gasteiger partial charge on any atom is 0.327 e. The lowest BCUT2D eigenvalue weighted by atomic mass is 10.2. The van der Waals surface area contributed by atoms with Crippen LogP contribution in [0.1, 0.15) is 19.0 Å². The fourth-order valence-corrected chi connectivity index (χ4v) is 1.70. The molecule has 2 aromatic rings. The number of aromatic nitrogens is 3. The zero-order chi connectivity index (χ0) is 12.4. The predicted molar refractivity (Wildman–Crippen MR) is 62.1 cm³/mol. The van der Waals surface area contributed by atoms with E-state index >= 15 is 0 Å². The van der Waals surface area contributed by atoms with Crippen molar-refractivity contribution in [2.75, 3.05) is 12.8 Å². The van der Waals surface area contributed by atoms with E-state index in [0.29, 0.717) is 5.52 Å². The molecule has 0 fully saturated rings. The average molecular weight is 238 g/mol. The summed E-state index contributed by atoms with van der Waals surface area (Å²) in [6.45, 7) is 1.99. The predicted octanol–water partition coefficient (Wildman–Crippen LogP) is 1.42. The van der Waals surface area contributed by atoms with Crippen molar-refractivity contribution in [2.24, 2.45) is 0 Å². The van der Waals surface area contributed by atoms with Crippen LogP contribution in [0.2, 0.25) is 0 Å². The van der Waals surface area contributed by atoms with Gasteiger partial charge in [0, 0.05) is 12.8 Å². The highest BCUT2D eigenvalue weighted by Gasteiger charge is 2.10. The van der Waals surface area contributed by atoms with Crippen molar-refractivity contribution in [3.05, 3.63) is 23.9 Å². The first-order valence-electron chi connectivity index (χ1n) is 5.44. The largest absolute Gasteiger partial charge is 0.382 e. The Morgan fingerprint density at radius 1 is 1.53 bits per heavy atom. The molecule has 92 valence electrons. The van der Waals surface area contributed by atoms with Crippen LogP contribution in [0, 0.1) is 6.08 Å². The van der Waals surface area contributed by atoms with Gasteiger partial charge in [-0.1, -0.05) is 0 Å². The van der Waals surface area contributed by atoms with E-state index in [2.05, 4.69) is 10.1 Å². The summed E-state index contributed by atoms with van der Waals surface area (Å²) in [7, 11) is 1.67. The minimum atomic E-state index is -0.813. The highest BCUT2D eigenvalue weighted by atomic mass is 19.1. The van der Waals surface area contributed by atoms with Crippen LogP contribution in [0.15, 0.2) is 12.1 Å². The van der Waals surface area contributed by atoms with E-state index in [1.165, 1.54) is 4.52 Å². The van der Waals surface area contributed by atoms with E-state index in [-0.39, 0.29) is 11.9 Å². The molecule has 2 heterocycles. The number of aryl methyl sites for hydroxylation is 1. The van der Waals surface area contributed by atoms with Crippen LogP contribution in [0.4, 0.5) is 10.2 Å². The van der Waals surface area contributed by atoms with Gasteiger partial charge in [0.15, 0.2) is 5.82 Å². The van der Waals surface area contributed by atoms with Gasteiger partial charge >= 0.3 is 6.08 Å². The first-order chi connectivity index (χ1) is 8.11. The van der Waals surface area contributed by atoms with Crippen molar-refractivity contribution in [2.45, 2.75) is 25.9 Å². The highest BCUT2D eigenvalue weighted by molar-refractivity contribution is 5.65. The third-order valence-electron chi connectivity index (χ3n) is 2.80. The smallest absolute Gasteiger partial charge is 0.327 e. The van der Waals surface area contributed by atoms with Crippen LogP contribution in [0.3, 0.4) is 0 Å². The Kier molecular flexibility index (Phi) is 3.23. The molecule has 0 aliphatic rings. The molecule has 1 unspecified atom stereocenters. The van der Waals surface area contributed by atoms with E-state index in [0.717, 1.165) is 18.5 Å². The van der Waals surface area contributed by atoms with Gasteiger partial charge in [0.1, 0.15) is 5.52 Å². The van der Waals surface area contributed by atoms with E-state index in [1.54, 1.807) is 13.2 Å². The van der Waals surface area contributed by atoms with E-state index in [9.17, 15) is 4.39 Å². The number of nitrogens with zero attached hydrogens (tertiary/aromatic N) is 3. The summed E-state index contributed by atoms with van der Waals surface area (Å²) in [6, 6.07) is 3.67. The molecular weight excluding hydrogens is 223 g/mol. The van der Waals surface area contributed by atoms with Crippen molar-refractivity contribution >= 4 is 11.3 Å². The zero-order valence-corrected chi connectivity index (χ0v) is 9.85. The van der Waals surface area contributed by atoms with Crippen LogP contribution in [-0.4, -0.2) is 27.8 Å². The molecule has 0 aliphatic heterocycles. The summed E-state index contributed by atoms with van der Waals surface area (Å²) in [5, 5.41) is 3.72. The molecule has 5 nitrogen and oxygen atoms in total. The number of nitrogen functional groups attached to an aromatic ring is 1. The topological polar surface area (TPSA) is 65.4 Å². The summed E-state index contributed by atoms with van der Waals surface area (Å²) in [5.74, 6) is 0.156. The quantitative estimate of drug-likeness (QED) is 0.874. The molecular formula is C11H15FN4O. The second kappa shape index (κ2) is 4.67. The molecule has 0 saturated carbocycles. The lowest BCUT2D eigenvalue weighted by Crippen LogP contribution is -2.09. The molecule has 2 N–H and O–H groups in total. The number of halogens is 1. The molecule has 0 radical (unpaired) electrons. The Hall–Kier alpha value is -1.69. The molecule has 0 amide bonds. The number of ether oxygens (including phenoxy) is 1. The Morgan fingerprint density at radius 3 is 3.00 bits per heavy atom. The third kappa shape index (κ3) is 2.36. The van der Waals surface area contributed by atoms with Crippen molar-refractivity contribution in [3.8, 4) is 0 Å². The standard InChI is InChI=1S/C11H15FN4O/c1-7(17-2)3-4-8-5-6-9-10(13)14-11(12)15-16(8)9/h5-7H,3-4H2,1-2H3,(H2,13,14,15). The number of fused-ring (bicyclic) bond motifs is 1. The number of rotatable bonds is 4. The van der Waals surface area contributed by atoms with Gasteiger partial charge in [0.05, 0.1) is 6.10 Å². The number of methoxy groups -OCH3 is 1. The van der Waals surface area contributed by atoms with Crippen molar-refractivity contribution in [1.82, 2.24) is 14.6 Å². The van der Waals surface area contributed by atoms with Gasteiger partial charge in [-0.2, -0.15) is 9.37 Å². The summed E-state index contributed by atoms with van der Waals surface area (Å²) in [5.41, 5.74) is 7.15. The first kappa shape index (κ1) is 11.8. The Labute approximate surface area is 98.4 Å². The van der Waals surface area contributed by atoms with Crippen LogP contribution >= 0.6 is 0 Å². The summed E-state index contributed by atoms with van der Waals surface area (Å²) < 4.78 is 19.7. The molecule has 2 aromatic heterocycles. The minimum Gasteiger partial charge on any atom is -0.382 e. The fraction of sp³-hybridized carbons (Fsp3) is 0.455. The number of anilines is 1. The minimum absolute atomic E-state index is 0.156. The van der Waals surface area contributed by atoms with Crippen LogP contribution in [-0.2, 0) is 11.2 Å². The monoisotopic (exact) mass is 238 g/mol. The first-order valence-corrected chi connectivity index (χ1v) is 5.44. The molecule has 0 bridgehead atoms. The maximum absolute atomic E-state index is 13.1. The summed E-state index contributed by atoms with van der Waals surface area (Å²) >= 11 is 0. The van der Waals surface area contributed by atoms with E-state index in [4.69, 9.17) is 10.5 Å². The second-order valence-corrected chi connectivity index (χ2v) is 3.97. The van der Waals surface area contributed by atoms with E-state index < -0.39 is 6.08 Å². The van der Waals surface area contributed by atoms with Crippen LogP contribution < -0.4 is 5.73 Å². The van der Waals surface area contributed by atoms with Crippen molar-refractivity contribution < 1.29 is 9.13 Å². The van der Waals surface area contributed by atoms with Gasteiger partial charge in [-0.25, -0.2) is 4.52 Å². The van der Waals surface area contributed by atoms with Gasteiger partial charge in [-0.05, 0) is 31.9 Å². The van der Waals surface area contributed by atoms with Crippen LogP contribution in [0.5, 0.6) is 0 Å². The fourth-order valence-electron chi connectivity index (χ4n) is 1.70. The molecule has 0 spiro atoms. The normalized spacial score (nSPS) is 13.1. The van der Waals surface area contributed by atoms with Crippen molar-refractivity contribution in [3.63, 3.8) is 0 Å². The van der Waals surface area contributed by atoms with Gasteiger partial charge in [-0.3, -0.25) is 0 Å². The molecule has 17 heavy (non-hydrogen) atoms. The zero-order valence-electron chi connectivity index (χ0n) is 9.85. The average Bonchev–Trinajstić information content (AvgIpc) is 2.69. The lowest BCUT2D eigenvalue weighted by molar-refractivity contribution is 0.111. The highest BCUT2D eigenvalue weighted by Crippen LogP contribution is 2.16. The van der Waals surface area contributed by atoms with Gasteiger partial charge < -0.3 is 10.5 Å². The van der Waals surface area contributed by atoms with Crippen molar-refractivity contribution in [1.29, 1.82) is 0 Å². The number of hydrogen-bond acceptors (Lipinski definition) is 4. The van der Waals surface area contributed by atoms with E-state index in [1.807, 2.05) is 13.0 Å². The lowest BCUT2D eigenvalue weighted by Gasteiger charge is -2.08. The number of nitrogens with two attached hydrogens (primary N) is 1. The van der Waals surface area contributed by atoms with Crippen LogP contribution in [0.25, 0.3) is 5.52 Å². The Bertz CT molecular complexity index is 525. The SMILES string of the molecule is COC(C)CCc1ccc2c(N)nc(F)nn12.